The second-order valence-corrected chi connectivity index (χ2v) is 12.6. The smallest absolute Gasteiger partial charge is 0.465 e. The minimum Gasteiger partial charge on any atom is -0.465 e. The van der Waals surface area contributed by atoms with Crippen molar-refractivity contribution in [3.05, 3.63) is 95.8 Å². The fraction of sp³-hybridized carbons (Fsp3) is 0.333. The van der Waals surface area contributed by atoms with E-state index in [0.29, 0.717) is 58.7 Å². The minimum atomic E-state index is 0. The summed E-state index contributed by atoms with van der Waals surface area (Å²) in [5.41, 5.74) is 7.25. The van der Waals surface area contributed by atoms with Gasteiger partial charge in [0.25, 0.3) is 0 Å². The summed E-state index contributed by atoms with van der Waals surface area (Å²) < 4.78 is 10.2. The van der Waals surface area contributed by atoms with Crippen molar-refractivity contribution in [3.8, 4) is 46.4 Å². The van der Waals surface area contributed by atoms with E-state index in [4.69, 9.17) is 4.74 Å². The van der Waals surface area contributed by atoms with Crippen LogP contribution in [0.4, 0.5) is 0 Å². The summed E-state index contributed by atoms with van der Waals surface area (Å²) >= 11 is 0. The molecule has 46 heavy (non-hydrogen) atoms. The Morgan fingerprint density at radius 3 is 1.22 bits per heavy atom. The Hall–Kier alpha value is -4.23. The predicted octanol–water partition coefficient (Wildman–Crippen LogP) is 8.38. The zero-order valence-electron chi connectivity index (χ0n) is 27.5. The van der Waals surface area contributed by atoms with Gasteiger partial charge in [-0.25, -0.2) is 9.97 Å². The average molecular weight is 796 g/mol. The van der Waals surface area contributed by atoms with Gasteiger partial charge in [0.15, 0.2) is 0 Å². The van der Waals surface area contributed by atoms with Crippen LogP contribution in [0.5, 0.6) is 11.8 Å². The van der Waals surface area contributed by atoms with Gasteiger partial charge >= 0.3 is 21.1 Å². The van der Waals surface area contributed by atoms with Gasteiger partial charge in [0.1, 0.15) is 23.4 Å². The molecule has 0 amide bonds. The third kappa shape index (κ3) is 6.25. The summed E-state index contributed by atoms with van der Waals surface area (Å²) in [6, 6.07) is 13.0. The monoisotopic (exact) mass is 795 g/mol. The first-order chi connectivity index (χ1) is 21.6. The molecule has 0 aliphatic heterocycles. The molecule has 0 saturated carbocycles. The topological polar surface area (TPSA) is 98.8 Å². The molecule has 10 heteroatoms. The Morgan fingerprint density at radius 1 is 0.543 bits per heavy atom. The molecule has 240 valence electrons. The molecule has 0 aliphatic rings. The quantitative estimate of drug-likeness (QED) is 0.137. The van der Waals surface area contributed by atoms with Crippen molar-refractivity contribution >= 4 is 0 Å². The number of nitrogens with zero attached hydrogens (tertiary/aromatic N) is 8. The molecule has 0 unspecified atom stereocenters. The molecule has 2 aromatic carbocycles. The van der Waals surface area contributed by atoms with E-state index in [1.807, 2.05) is 12.4 Å². The Balaban J connectivity index is 0.00000417. The van der Waals surface area contributed by atoms with Gasteiger partial charge in [-0.05, 0) is 70.0 Å². The third-order valence-electron chi connectivity index (χ3n) is 8.08. The Labute approximate surface area is 285 Å². The molecule has 0 bridgehead atoms. The Bertz CT molecular complexity index is 1730. The van der Waals surface area contributed by atoms with Crippen LogP contribution in [0.1, 0.15) is 101 Å². The fourth-order valence-corrected chi connectivity index (χ4v) is 5.86. The average Bonchev–Trinajstić information content (AvgIpc) is 3.83. The number of rotatable bonds is 10. The minimum absolute atomic E-state index is 0. The van der Waals surface area contributed by atoms with Crippen LogP contribution in [0.3, 0.4) is 0 Å². The zero-order chi connectivity index (χ0) is 31.8. The van der Waals surface area contributed by atoms with Crippen LogP contribution >= 0.6 is 0 Å². The molecule has 0 spiro atoms. The summed E-state index contributed by atoms with van der Waals surface area (Å²) in [6.45, 7) is 17.7. The SMILES string of the molecule is CC(C)c1cccc(C(C)C)c1-n1ccnc1-c1ncc(Oc2cnc(-c3nccn3-c3c(C(C)C)cccc3C(C)C)[n-]2)[n-]1.[Pt+2]. The first-order valence-corrected chi connectivity index (χ1v) is 15.6. The number of hydrogen-bond acceptors (Lipinski definition) is 5. The van der Waals surface area contributed by atoms with E-state index < -0.39 is 0 Å². The first-order valence-electron chi connectivity index (χ1n) is 15.6. The third-order valence-corrected chi connectivity index (χ3v) is 8.08. The van der Waals surface area contributed by atoms with Crippen LogP contribution in [0.15, 0.2) is 73.6 Å². The van der Waals surface area contributed by atoms with Crippen LogP contribution in [-0.4, -0.2) is 29.1 Å². The number of ether oxygens (including phenoxy) is 1. The van der Waals surface area contributed by atoms with Crippen molar-refractivity contribution < 1.29 is 25.8 Å². The molecule has 9 nitrogen and oxygen atoms in total. The predicted molar refractivity (Wildman–Crippen MR) is 177 cm³/mol. The molecule has 0 saturated heterocycles. The number of imidazole rings is 4. The second-order valence-electron chi connectivity index (χ2n) is 12.6. The van der Waals surface area contributed by atoms with E-state index in [1.54, 1.807) is 24.8 Å². The number of hydrogen-bond donors (Lipinski definition) is 0. The summed E-state index contributed by atoms with van der Waals surface area (Å²) in [4.78, 5) is 27.8. The molecule has 0 fully saturated rings. The van der Waals surface area contributed by atoms with E-state index in [9.17, 15) is 0 Å². The van der Waals surface area contributed by atoms with E-state index >= 15 is 0 Å². The molecule has 4 aromatic heterocycles. The number of para-hydroxylation sites is 2. The van der Waals surface area contributed by atoms with Crippen LogP contribution in [-0.2, 0) is 21.1 Å². The van der Waals surface area contributed by atoms with Gasteiger partial charge in [0.2, 0.25) is 0 Å². The molecule has 6 rings (SSSR count). The van der Waals surface area contributed by atoms with Gasteiger partial charge in [-0.2, -0.15) is 0 Å². The molecule has 4 heterocycles. The standard InChI is InChI=1S/C36H40N8O.Pt/c1-21(2)25-11-9-12-26(22(3)4)31(25)43-17-15-37-35(43)33-39-19-29(41-33)45-30-20-40-34(42-30)36-38-16-18-44(36)32-27(23(5)6)13-10-14-28(32)24(7)8;/h9-24H,1-8H3;/q-2;+2. The van der Waals surface area contributed by atoms with E-state index in [2.05, 4.69) is 131 Å². The van der Waals surface area contributed by atoms with Crippen LogP contribution in [0.25, 0.3) is 34.7 Å². The van der Waals surface area contributed by atoms with Crippen molar-refractivity contribution in [2.45, 2.75) is 79.1 Å². The summed E-state index contributed by atoms with van der Waals surface area (Å²) in [5.74, 6) is 4.26. The van der Waals surface area contributed by atoms with E-state index in [1.165, 1.54) is 22.3 Å². The largest absolute Gasteiger partial charge is 2.00 e. The van der Waals surface area contributed by atoms with Crippen molar-refractivity contribution in [2.75, 3.05) is 0 Å². The maximum Gasteiger partial charge on any atom is 2.00 e. The van der Waals surface area contributed by atoms with E-state index in [0.717, 1.165) is 11.4 Å². The van der Waals surface area contributed by atoms with Crippen LogP contribution in [0, 0.1) is 0 Å². The normalized spacial score (nSPS) is 11.7. The molecule has 0 atom stereocenters. The van der Waals surface area contributed by atoms with Crippen molar-refractivity contribution in [2.24, 2.45) is 0 Å². The second kappa shape index (κ2) is 13.6. The molecule has 6 aromatic rings. The van der Waals surface area contributed by atoms with Crippen LogP contribution in [0.2, 0.25) is 0 Å². The fourth-order valence-electron chi connectivity index (χ4n) is 5.86. The van der Waals surface area contributed by atoms with Crippen molar-refractivity contribution in [1.82, 2.24) is 39.0 Å². The number of benzene rings is 2. The molecule has 0 N–H and O–H groups in total. The number of aromatic nitrogens is 8. The summed E-state index contributed by atoms with van der Waals surface area (Å²) in [7, 11) is 0. The first kappa shape index (κ1) is 33.1. The molecular formula is C36H40N8OPt. The van der Waals surface area contributed by atoms with Gasteiger partial charge in [-0.15, -0.1) is 0 Å². The molecular weight excluding hydrogens is 756 g/mol. The van der Waals surface area contributed by atoms with Gasteiger partial charge in [0.05, 0.1) is 11.4 Å². The summed E-state index contributed by atoms with van der Waals surface area (Å²) in [6.07, 6.45) is 10.7. The maximum absolute atomic E-state index is 6.05. The van der Waals surface area contributed by atoms with Gasteiger partial charge in [-0.3, -0.25) is 9.13 Å². The van der Waals surface area contributed by atoms with Gasteiger partial charge in [0, 0.05) is 24.8 Å². The maximum atomic E-state index is 6.05. The van der Waals surface area contributed by atoms with Gasteiger partial charge < -0.3 is 24.7 Å². The van der Waals surface area contributed by atoms with Crippen molar-refractivity contribution in [1.29, 1.82) is 0 Å². The Morgan fingerprint density at radius 2 is 0.891 bits per heavy atom. The van der Waals surface area contributed by atoms with Crippen LogP contribution < -0.4 is 14.7 Å². The van der Waals surface area contributed by atoms with E-state index in [-0.39, 0.29) is 21.1 Å². The Kier molecular flexibility index (Phi) is 9.82. The van der Waals surface area contributed by atoms with Gasteiger partial charge in [-0.1, -0.05) is 91.8 Å². The molecule has 0 radical (unpaired) electrons. The molecule has 0 aliphatic carbocycles. The van der Waals surface area contributed by atoms with Crippen molar-refractivity contribution in [3.63, 3.8) is 0 Å². The summed E-state index contributed by atoms with van der Waals surface area (Å²) in [5, 5.41) is 0. The zero-order valence-corrected chi connectivity index (χ0v) is 29.8.